The lowest BCUT2D eigenvalue weighted by molar-refractivity contribution is 0.402. The highest BCUT2D eigenvalue weighted by molar-refractivity contribution is 6.30. The number of benzene rings is 2. The van der Waals surface area contributed by atoms with Gasteiger partial charge in [0.25, 0.3) is 0 Å². The minimum Gasteiger partial charge on any atom is -0.496 e. The Morgan fingerprint density at radius 3 is 2.59 bits per heavy atom. The van der Waals surface area contributed by atoms with Crippen molar-refractivity contribution in [2.24, 2.45) is 0 Å². The van der Waals surface area contributed by atoms with Gasteiger partial charge in [-0.15, -0.1) is 0 Å². The summed E-state index contributed by atoms with van der Waals surface area (Å²) >= 11 is 5.97. The van der Waals surface area contributed by atoms with Gasteiger partial charge < -0.3 is 19.4 Å². The largest absolute Gasteiger partial charge is 0.496 e. The second kappa shape index (κ2) is 8.53. The van der Waals surface area contributed by atoms with Crippen LogP contribution in [0.5, 0.6) is 11.5 Å². The molecule has 6 nitrogen and oxygen atoms in total. The van der Waals surface area contributed by atoms with Crippen molar-refractivity contribution in [1.29, 1.82) is 0 Å². The van der Waals surface area contributed by atoms with Gasteiger partial charge in [0.2, 0.25) is 11.7 Å². The van der Waals surface area contributed by atoms with Crippen LogP contribution in [0.25, 0.3) is 0 Å². The van der Waals surface area contributed by atoms with E-state index in [1.54, 1.807) is 17.7 Å². The first-order valence-corrected chi connectivity index (χ1v) is 9.22. The standard InChI is InChI=1S/C21H21ClFN3O3/c1-12-5-6-17(13(2)19(12)29-4)24-21-25-20(27)18(28-3)11-26(21)10-14-7-15(22)9-16(23)8-14/h5-9,11H,10H2,1-4H3,(H,24,25,27). The number of halogens is 2. The van der Waals surface area contributed by atoms with Gasteiger partial charge in [0.1, 0.15) is 11.6 Å². The maximum atomic E-state index is 13.7. The van der Waals surface area contributed by atoms with Crippen molar-refractivity contribution >= 4 is 23.2 Å². The fraction of sp³-hybridized carbons (Fsp3) is 0.238. The summed E-state index contributed by atoms with van der Waals surface area (Å²) in [5, 5.41) is 3.46. The summed E-state index contributed by atoms with van der Waals surface area (Å²) < 4.78 is 26.0. The summed E-state index contributed by atoms with van der Waals surface area (Å²) in [7, 11) is 3.00. The van der Waals surface area contributed by atoms with E-state index in [1.165, 1.54) is 25.4 Å². The molecule has 1 N–H and O–H groups in total. The molecule has 0 spiro atoms. The van der Waals surface area contributed by atoms with Crippen LogP contribution in [0.2, 0.25) is 5.02 Å². The van der Waals surface area contributed by atoms with Crippen LogP contribution in [0.3, 0.4) is 0 Å². The molecule has 29 heavy (non-hydrogen) atoms. The molecule has 2 aromatic carbocycles. The molecule has 0 aliphatic heterocycles. The Morgan fingerprint density at radius 1 is 1.17 bits per heavy atom. The lowest BCUT2D eigenvalue weighted by atomic mass is 10.1. The van der Waals surface area contributed by atoms with Gasteiger partial charge >= 0.3 is 5.56 Å². The Hall–Kier alpha value is -3.06. The number of hydrogen-bond acceptors (Lipinski definition) is 5. The predicted molar refractivity (Wildman–Crippen MR) is 111 cm³/mol. The number of aromatic nitrogens is 2. The lowest BCUT2D eigenvalue weighted by Crippen LogP contribution is -2.19. The molecule has 152 valence electrons. The average Bonchev–Trinajstić information content (AvgIpc) is 2.65. The van der Waals surface area contributed by atoms with Crippen molar-refractivity contribution in [2.75, 3.05) is 19.5 Å². The monoisotopic (exact) mass is 417 g/mol. The van der Waals surface area contributed by atoms with Crippen LogP contribution in [0.15, 0.2) is 41.3 Å². The van der Waals surface area contributed by atoms with Crippen molar-refractivity contribution in [3.8, 4) is 11.5 Å². The molecule has 0 saturated heterocycles. The van der Waals surface area contributed by atoms with Crippen molar-refractivity contribution in [3.05, 3.63) is 74.4 Å². The van der Waals surface area contributed by atoms with Crippen molar-refractivity contribution in [3.63, 3.8) is 0 Å². The Balaban J connectivity index is 2.06. The van der Waals surface area contributed by atoms with Gasteiger partial charge in [-0.2, -0.15) is 4.98 Å². The lowest BCUT2D eigenvalue weighted by Gasteiger charge is -2.18. The normalized spacial score (nSPS) is 10.7. The summed E-state index contributed by atoms with van der Waals surface area (Å²) in [6.07, 6.45) is 1.53. The zero-order chi connectivity index (χ0) is 21.1. The summed E-state index contributed by atoms with van der Waals surface area (Å²) in [5.41, 5.74) is 2.70. The molecule has 0 aliphatic carbocycles. The first-order chi connectivity index (χ1) is 13.8. The number of aryl methyl sites for hydroxylation is 1. The highest BCUT2D eigenvalue weighted by Gasteiger charge is 2.14. The summed E-state index contributed by atoms with van der Waals surface area (Å²) in [5.74, 6) is 0.665. The molecule has 0 unspecified atom stereocenters. The number of ether oxygens (including phenoxy) is 2. The van der Waals surface area contributed by atoms with Crippen LogP contribution in [-0.4, -0.2) is 23.8 Å². The van der Waals surface area contributed by atoms with Gasteiger partial charge in [0.15, 0.2) is 0 Å². The number of nitrogens with one attached hydrogen (secondary N) is 1. The second-order valence-electron chi connectivity index (χ2n) is 6.56. The quantitative estimate of drug-likeness (QED) is 0.641. The van der Waals surface area contributed by atoms with Crippen LogP contribution >= 0.6 is 11.6 Å². The Labute approximate surface area is 172 Å². The van der Waals surface area contributed by atoms with E-state index >= 15 is 0 Å². The second-order valence-corrected chi connectivity index (χ2v) is 6.99. The molecule has 0 atom stereocenters. The van der Waals surface area contributed by atoms with Crippen LogP contribution in [0, 0.1) is 19.7 Å². The van der Waals surface area contributed by atoms with E-state index in [4.69, 9.17) is 21.1 Å². The predicted octanol–water partition coefficient (Wildman–Crippen LogP) is 4.46. The fourth-order valence-electron chi connectivity index (χ4n) is 3.13. The summed E-state index contributed by atoms with van der Waals surface area (Å²) in [6.45, 7) is 4.09. The van der Waals surface area contributed by atoms with E-state index in [0.29, 0.717) is 5.56 Å². The van der Waals surface area contributed by atoms with Gasteiger partial charge in [0.05, 0.1) is 27.0 Å². The molecule has 3 aromatic rings. The highest BCUT2D eigenvalue weighted by Crippen LogP contribution is 2.31. The third-order valence-electron chi connectivity index (χ3n) is 4.51. The zero-order valence-electron chi connectivity index (χ0n) is 16.5. The first-order valence-electron chi connectivity index (χ1n) is 8.84. The van der Waals surface area contributed by atoms with E-state index in [2.05, 4.69) is 10.3 Å². The molecule has 1 aromatic heterocycles. The van der Waals surface area contributed by atoms with Gasteiger partial charge in [-0.3, -0.25) is 4.79 Å². The molecular formula is C21H21ClFN3O3. The Kier molecular flexibility index (Phi) is 6.08. The molecule has 0 radical (unpaired) electrons. The third-order valence-corrected chi connectivity index (χ3v) is 4.73. The summed E-state index contributed by atoms with van der Waals surface area (Å²) in [4.78, 5) is 16.3. The number of methoxy groups -OCH3 is 2. The molecule has 0 saturated carbocycles. The molecule has 0 bridgehead atoms. The number of hydrogen-bond donors (Lipinski definition) is 1. The van der Waals surface area contributed by atoms with Crippen LogP contribution < -0.4 is 20.3 Å². The fourth-order valence-corrected chi connectivity index (χ4v) is 3.37. The van der Waals surface area contributed by atoms with Crippen LogP contribution in [0.1, 0.15) is 16.7 Å². The topological polar surface area (TPSA) is 65.4 Å². The number of anilines is 2. The molecule has 3 rings (SSSR count). The van der Waals surface area contributed by atoms with Gasteiger partial charge in [0, 0.05) is 16.3 Å². The minimum atomic E-state index is -0.514. The maximum Gasteiger partial charge on any atom is 0.316 e. The molecule has 1 heterocycles. The van der Waals surface area contributed by atoms with Crippen molar-refractivity contribution in [2.45, 2.75) is 20.4 Å². The summed E-state index contributed by atoms with van der Waals surface area (Å²) in [6, 6.07) is 8.05. The van der Waals surface area contributed by atoms with E-state index in [0.717, 1.165) is 22.6 Å². The van der Waals surface area contributed by atoms with E-state index in [1.807, 2.05) is 26.0 Å². The van der Waals surface area contributed by atoms with Crippen LogP contribution in [-0.2, 0) is 6.54 Å². The van der Waals surface area contributed by atoms with Crippen molar-refractivity contribution < 1.29 is 13.9 Å². The molecule has 0 amide bonds. The molecule has 8 heteroatoms. The van der Waals surface area contributed by atoms with Crippen molar-refractivity contribution in [1.82, 2.24) is 9.55 Å². The Bertz CT molecular complexity index is 1090. The molecule has 0 fully saturated rings. The first kappa shape index (κ1) is 20.7. The third kappa shape index (κ3) is 4.51. The zero-order valence-corrected chi connectivity index (χ0v) is 17.3. The minimum absolute atomic E-state index is 0.0799. The SMILES string of the molecule is COc1c(C)ccc(Nc2nc(=O)c(OC)cn2Cc2cc(F)cc(Cl)c2)c1C. The smallest absolute Gasteiger partial charge is 0.316 e. The molecule has 0 aliphatic rings. The Morgan fingerprint density at radius 2 is 1.93 bits per heavy atom. The maximum absolute atomic E-state index is 13.7. The van der Waals surface area contributed by atoms with E-state index in [-0.39, 0.29) is 23.3 Å². The van der Waals surface area contributed by atoms with Crippen LogP contribution in [0.4, 0.5) is 16.0 Å². The van der Waals surface area contributed by atoms with Gasteiger partial charge in [-0.1, -0.05) is 17.7 Å². The van der Waals surface area contributed by atoms with Gasteiger partial charge in [-0.05, 0) is 49.2 Å². The average molecular weight is 418 g/mol. The number of nitrogens with zero attached hydrogens (tertiary/aromatic N) is 2. The highest BCUT2D eigenvalue weighted by atomic mass is 35.5. The van der Waals surface area contributed by atoms with Gasteiger partial charge in [-0.25, -0.2) is 4.39 Å². The number of rotatable bonds is 6. The van der Waals surface area contributed by atoms with E-state index < -0.39 is 11.4 Å². The molecular weight excluding hydrogens is 397 g/mol. The van der Waals surface area contributed by atoms with E-state index in [9.17, 15) is 9.18 Å².